The van der Waals surface area contributed by atoms with Crippen molar-refractivity contribution in [1.29, 1.82) is 0 Å². The molecule has 2 saturated carbocycles. The van der Waals surface area contributed by atoms with E-state index in [0.29, 0.717) is 54.8 Å². The zero-order valence-corrected chi connectivity index (χ0v) is 27.1. The molecule has 0 N–H and O–H groups in total. The van der Waals surface area contributed by atoms with E-state index in [0.717, 1.165) is 32.1 Å². The van der Waals surface area contributed by atoms with E-state index in [4.69, 9.17) is 32.5 Å². The van der Waals surface area contributed by atoms with Gasteiger partial charge in [0.15, 0.2) is 0 Å². The number of hydrogen-bond acceptors (Lipinski definition) is 6. The maximum atomic E-state index is 12.5. The molecule has 0 spiro atoms. The summed E-state index contributed by atoms with van der Waals surface area (Å²) in [6.45, 7) is 2.84. The predicted molar refractivity (Wildman–Crippen MR) is 123 cm³/mol. The molecule has 0 heterocycles. The third-order valence-electron chi connectivity index (χ3n) is 8.04. The van der Waals surface area contributed by atoms with E-state index in [2.05, 4.69) is 13.0 Å². The number of nitrogens with zero attached hydrogens (tertiary/aromatic N) is 1. The normalized spacial score (nSPS) is 29.1. The summed E-state index contributed by atoms with van der Waals surface area (Å²) in [5.74, 6) is 2.28. The van der Waals surface area contributed by atoms with Gasteiger partial charge in [-0.25, -0.2) is 4.79 Å². The van der Waals surface area contributed by atoms with Gasteiger partial charge in [-0.2, -0.15) is 0 Å². The van der Waals surface area contributed by atoms with Crippen LogP contribution in [0.5, 0.6) is 5.75 Å². The standard InChI is InChI=1S/C23H32Cl2NO6P.2Na/c1-23-9-8-18-17-5-3-16(31-22(27)26(12-10-24)13-11-25)14-15(17)2-4-19(18)20(23)6-7-21(23)32-33(28,29)30;;/h3,5,14,18-21H,2,4,6-13H2,1H3,(H2,28,29,30);;/q;2*+1/p-2/t18?,19?,20?,21-,23?;;/m0../s1. The van der Waals surface area contributed by atoms with Crippen LogP contribution in [0.2, 0.25) is 0 Å². The Kier molecular flexibility index (Phi) is 12.5. The number of carbonyl (C=O) groups is 1. The minimum absolute atomic E-state index is 0. The van der Waals surface area contributed by atoms with Gasteiger partial charge >= 0.3 is 65.2 Å². The van der Waals surface area contributed by atoms with Gasteiger partial charge in [0, 0.05) is 24.8 Å². The van der Waals surface area contributed by atoms with Crippen molar-refractivity contribution in [2.45, 2.75) is 57.5 Å². The van der Waals surface area contributed by atoms with Crippen LogP contribution in [0.25, 0.3) is 0 Å². The van der Waals surface area contributed by atoms with Crippen LogP contribution in [-0.2, 0) is 15.5 Å². The van der Waals surface area contributed by atoms with Gasteiger partial charge in [-0.1, -0.05) is 13.0 Å². The Balaban J connectivity index is 0.00000216. The molecule has 0 saturated heterocycles. The van der Waals surface area contributed by atoms with Crippen LogP contribution < -0.4 is 73.6 Å². The first-order chi connectivity index (χ1) is 15.7. The fourth-order valence-electron chi connectivity index (χ4n) is 6.57. The van der Waals surface area contributed by atoms with Gasteiger partial charge in [-0.15, -0.1) is 23.2 Å². The summed E-state index contributed by atoms with van der Waals surface area (Å²) in [5, 5.41) is 0. The average Bonchev–Trinajstić information content (AvgIpc) is 3.08. The zero-order chi connectivity index (χ0) is 23.8. The van der Waals surface area contributed by atoms with Gasteiger partial charge in [-0.05, 0) is 85.0 Å². The summed E-state index contributed by atoms with van der Waals surface area (Å²) >= 11 is 11.6. The van der Waals surface area contributed by atoms with Crippen LogP contribution >= 0.6 is 31.0 Å². The molecule has 5 atom stereocenters. The number of halogens is 2. The molecule has 12 heteroatoms. The maximum absolute atomic E-state index is 12.5. The van der Waals surface area contributed by atoms with Crippen LogP contribution in [0.3, 0.4) is 0 Å². The molecule has 7 nitrogen and oxygen atoms in total. The van der Waals surface area contributed by atoms with Crippen molar-refractivity contribution in [2.24, 2.45) is 17.3 Å². The number of benzene rings is 1. The quantitative estimate of drug-likeness (QED) is 0.217. The first-order valence-electron chi connectivity index (χ1n) is 11.6. The first-order valence-corrected chi connectivity index (χ1v) is 14.1. The number of rotatable bonds is 7. The van der Waals surface area contributed by atoms with Gasteiger partial charge < -0.3 is 28.5 Å². The Labute approximate surface area is 261 Å². The van der Waals surface area contributed by atoms with Crippen LogP contribution in [-0.4, -0.2) is 41.9 Å². The molecule has 0 aromatic heterocycles. The van der Waals surface area contributed by atoms with Gasteiger partial charge in [0.1, 0.15) is 5.75 Å². The molecule has 3 aliphatic rings. The largest absolute Gasteiger partial charge is 1.00 e. The number of aryl methyl sites for hydroxylation is 1. The van der Waals surface area contributed by atoms with Crippen LogP contribution in [0.1, 0.15) is 56.1 Å². The molecule has 0 bridgehead atoms. The number of alkyl halides is 2. The molecule has 3 aliphatic carbocycles. The number of amides is 1. The van der Waals surface area contributed by atoms with E-state index in [1.807, 2.05) is 12.1 Å². The molecule has 1 aromatic rings. The van der Waals surface area contributed by atoms with Crippen molar-refractivity contribution in [3.63, 3.8) is 0 Å². The fourth-order valence-corrected chi connectivity index (χ4v) is 7.63. The molecule has 184 valence electrons. The van der Waals surface area contributed by atoms with Crippen molar-refractivity contribution in [1.82, 2.24) is 4.90 Å². The van der Waals surface area contributed by atoms with Crippen molar-refractivity contribution in [3.05, 3.63) is 29.3 Å². The van der Waals surface area contributed by atoms with E-state index in [1.165, 1.54) is 16.0 Å². The maximum Gasteiger partial charge on any atom is 1.00 e. The molecular weight excluding hydrogens is 534 g/mol. The number of fused-ring (bicyclic) bond motifs is 5. The molecule has 0 aliphatic heterocycles. The second kappa shape index (κ2) is 13.5. The molecule has 35 heavy (non-hydrogen) atoms. The van der Waals surface area contributed by atoms with Crippen LogP contribution in [0, 0.1) is 17.3 Å². The van der Waals surface area contributed by atoms with Gasteiger partial charge in [0.2, 0.25) is 0 Å². The second-order valence-electron chi connectivity index (χ2n) is 9.67. The van der Waals surface area contributed by atoms with E-state index < -0.39 is 20.0 Å². The third kappa shape index (κ3) is 7.23. The van der Waals surface area contributed by atoms with Crippen molar-refractivity contribution in [3.8, 4) is 5.75 Å². The van der Waals surface area contributed by atoms with Crippen molar-refractivity contribution in [2.75, 3.05) is 24.8 Å². The monoisotopic (exact) mass is 563 g/mol. The van der Waals surface area contributed by atoms with Gasteiger partial charge in [0.05, 0.1) is 13.9 Å². The Hall–Kier alpha value is 1.18. The van der Waals surface area contributed by atoms with Gasteiger partial charge in [0.25, 0.3) is 0 Å². The van der Waals surface area contributed by atoms with Crippen molar-refractivity contribution < 1.29 is 87.5 Å². The zero-order valence-electron chi connectivity index (χ0n) is 20.7. The fraction of sp³-hybridized carbons (Fsp3) is 0.696. The topological polar surface area (TPSA) is 102 Å². The molecule has 1 amide bonds. The Morgan fingerprint density at radius 2 is 1.83 bits per heavy atom. The Morgan fingerprint density at radius 3 is 2.46 bits per heavy atom. The Morgan fingerprint density at radius 1 is 1.14 bits per heavy atom. The number of carbonyl (C=O) groups excluding carboxylic acids is 1. The average molecular weight is 564 g/mol. The van der Waals surface area contributed by atoms with Gasteiger partial charge in [-0.3, -0.25) is 0 Å². The summed E-state index contributed by atoms with van der Waals surface area (Å²) in [4.78, 5) is 36.5. The van der Waals surface area contributed by atoms with Crippen LogP contribution in [0.15, 0.2) is 18.2 Å². The predicted octanol–water partition coefficient (Wildman–Crippen LogP) is -1.96. The molecule has 2 fully saturated rings. The van der Waals surface area contributed by atoms with Crippen LogP contribution in [0.4, 0.5) is 4.79 Å². The summed E-state index contributed by atoms with van der Waals surface area (Å²) < 4.78 is 21.9. The molecular formula is C23H30Cl2NNa2O6P. The first kappa shape index (κ1) is 32.4. The van der Waals surface area contributed by atoms with E-state index >= 15 is 0 Å². The van der Waals surface area contributed by atoms with E-state index in [9.17, 15) is 19.1 Å². The summed E-state index contributed by atoms with van der Waals surface area (Å²) in [6, 6.07) is 5.87. The second-order valence-corrected chi connectivity index (χ2v) is 11.5. The van der Waals surface area contributed by atoms with E-state index in [-0.39, 0.29) is 64.5 Å². The molecule has 0 radical (unpaired) electrons. The van der Waals surface area contributed by atoms with Crippen molar-refractivity contribution >= 4 is 37.1 Å². The number of phosphoric acid groups is 1. The summed E-state index contributed by atoms with van der Waals surface area (Å²) in [7, 11) is -5.00. The summed E-state index contributed by atoms with van der Waals surface area (Å²) in [5.41, 5.74) is 2.20. The molecule has 4 rings (SSSR count). The van der Waals surface area contributed by atoms with E-state index in [1.54, 1.807) is 0 Å². The molecule has 1 aromatic carbocycles. The minimum atomic E-state index is -5.00. The molecule has 4 unspecified atom stereocenters. The number of hydrogen-bond donors (Lipinski definition) is 0. The smallest absolute Gasteiger partial charge is 0.790 e. The minimum Gasteiger partial charge on any atom is -0.790 e. The Bertz CT molecular complexity index is 931. The number of ether oxygens (including phenoxy) is 1. The SMILES string of the molecule is CC12CCC3c4ccc(OC(=O)N(CCCl)CCCl)cc4CCC3C1CC[C@@H]2OP(=O)([O-])[O-].[Na+].[Na+]. The third-order valence-corrected chi connectivity index (χ3v) is 8.89. The summed E-state index contributed by atoms with van der Waals surface area (Å²) in [6.07, 6.45) is 4.12. The number of phosphoric ester groups is 1.